The maximum absolute atomic E-state index is 13.8. The second-order valence-corrected chi connectivity index (χ2v) is 11.3. The summed E-state index contributed by atoms with van der Waals surface area (Å²) < 4.78 is 5.39. The number of likely N-dealkylation sites (tertiary alicyclic amines) is 1. The SMILES string of the molecule is NC(=O)CCN(C(=O)COC(=O)[C@@H]1CC(O)CN1C(=O)C12CC3CC(CC(C3)C1)C2)c1ccccc1. The number of carbonyl (C=O) groups is 4. The minimum atomic E-state index is -0.899. The highest BCUT2D eigenvalue weighted by Crippen LogP contribution is 2.60. The Morgan fingerprint density at radius 1 is 1.00 bits per heavy atom. The van der Waals surface area contributed by atoms with Crippen LogP contribution in [0.5, 0.6) is 0 Å². The molecule has 9 nitrogen and oxygen atoms in total. The van der Waals surface area contributed by atoms with E-state index in [1.165, 1.54) is 29.1 Å². The number of rotatable bonds is 8. The molecule has 1 saturated heterocycles. The molecule has 4 saturated carbocycles. The number of ether oxygens (including phenoxy) is 1. The Morgan fingerprint density at radius 2 is 1.61 bits per heavy atom. The van der Waals surface area contributed by atoms with E-state index in [1.807, 2.05) is 0 Å². The molecule has 0 spiro atoms. The lowest BCUT2D eigenvalue weighted by Gasteiger charge is -2.56. The van der Waals surface area contributed by atoms with Crippen LogP contribution >= 0.6 is 0 Å². The van der Waals surface area contributed by atoms with Gasteiger partial charge in [0.25, 0.3) is 5.91 Å². The van der Waals surface area contributed by atoms with Gasteiger partial charge in [0.15, 0.2) is 6.61 Å². The van der Waals surface area contributed by atoms with E-state index < -0.39 is 42.0 Å². The van der Waals surface area contributed by atoms with Crippen LogP contribution in [0.25, 0.3) is 0 Å². The maximum atomic E-state index is 13.8. The van der Waals surface area contributed by atoms with E-state index in [-0.39, 0.29) is 31.8 Å². The summed E-state index contributed by atoms with van der Waals surface area (Å²) >= 11 is 0. The zero-order valence-corrected chi connectivity index (χ0v) is 20.5. The number of benzene rings is 1. The van der Waals surface area contributed by atoms with E-state index in [0.717, 1.165) is 19.3 Å². The second kappa shape index (κ2) is 9.84. The third-order valence-electron chi connectivity index (χ3n) is 8.59. The number of aliphatic hydroxyl groups is 1. The van der Waals surface area contributed by atoms with Crippen LogP contribution in [0.2, 0.25) is 0 Å². The Kier molecular flexibility index (Phi) is 6.76. The predicted octanol–water partition coefficient (Wildman–Crippen LogP) is 1.62. The van der Waals surface area contributed by atoms with Gasteiger partial charge in [-0.15, -0.1) is 0 Å². The van der Waals surface area contributed by atoms with Crippen LogP contribution in [-0.2, 0) is 23.9 Å². The lowest BCUT2D eigenvalue weighted by Crippen LogP contribution is -2.56. The molecule has 36 heavy (non-hydrogen) atoms. The van der Waals surface area contributed by atoms with Gasteiger partial charge in [-0.05, 0) is 68.4 Å². The number of nitrogens with two attached hydrogens (primary N) is 1. The molecular formula is C27H35N3O6. The lowest BCUT2D eigenvalue weighted by molar-refractivity contribution is -0.166. The van der Waals surface area contributed by atoms with Gasteiger partial charge in [0.2, 0.25) is 11.8 Å². The molecule has 0 aromatic heterocycles. The number of carbonyl (C=O) groups excluding carboxylic acids is 4. The summed E-state index contributed by atoms with van der Waals surface area (Å²) in [5.74, 6) is 0.00728. The molecule has 2 atom stereocenters. The smallest absolute Gasteiger partial charge is 0.329 e. The van der Waals surface area contributed by atoms with Crippen molar-refractivity contribution in [2.45, 2.75) is 63.5 Å². The maximum Gasteiger partial charge on any atom is 0.329 e. The highest BCUT2D eigenvalue weighted by atomic mass is 16.5. The molecule has 4 aliphatic carbocycles. The van der Waals surface area contributed by atoms with Gasteiger partial charge in [-0.25, -0.2) is 4.79 Å². The van der Waals surface area contributed by atoms with Gasteiger partial charge in [-0.3, -0.25) is 14.4 Å². The fraction of sp³-hybridized carbons (Fsp3) is 0.630. The zero-order valence-electron chi connectivity index (χ0n) is 20.5. The Morgan fingerprint density at radius 3 is 2.19 bits per heavy atom. The highest BCUT2D eigenvalue weighted by Gasteiger charge is 2.57. The van der Waals surface area contributed by atoms with Crippen LogP contribution in [0.1, 0.15) is 51.4 Å². The standard InChI is InChI=1S/C27H35N3O6/c28-23(32)6-7-29(20-4-2-1-3-5-20)24(33)16-36-25(34)22-11-21(31)15-30(22)26(35)27-12-17-8-18(13-27)10-19(9-17)14-27/h1-5,17-19,21-22,31H,6-16H2,(H2,28,32)/t17?,18?,19?,21?,22-,27?/m0/s1. The first-order valence-corrected chi connectivity index (χ1v) is 13.0. The molecule has 4 bridgehead atoms. The van der Waals surface area contributed by atoms with Crippen molar-refractivity contribution in [3.8, 4) is 0 Å². The molecule has 3 N–H and O–H groups in total. The quantitative estimate of drug-likeness (QED) is 0.525. The van der Waals surface area contributed by atoms with Crippen LogP contribution in [0.15, 0.2) is 30.3 Å². The number of amides is 3. The summed E-state index contributed by atoms with van der Waals surface area (Å²) in [6.45, 7) is -0.351. The number of aliphatic hydroxyl groups excluding tert-OH is 1. The van der Waals surface area contributed by atoms with Crippen molar-refractivity contribution >= 4 is 29.4 Å². The summed E-state index contributed by atoms with van der Waals surface area (Å²) in [5, 5.41) is 10.4. The van der Waals surface area contributed by atoms with Crippen molar-refractivity contribution in [1.29, 1.82) is 0 Å². The first-order valence-electron chi connectivity index (χ1n) is 13.0. The average molecular weight is 498 g/mol. The number of esters is 1. The van der Waals surface area contributed by atoms with Crippen molar-refractivity contribution in [1.82, 2.24) is 4.90 Å². The van der Waals surface area contributed by atoms with Gasteiger partial charge in [0.1, 0.15) is 6.04 Å². The fourth-order valence-corrected chi connectivity index (χ4v) is 7.47. The number of β-amino-alcohol motifs (C(OH)–C–C–N with tert-alkyl or cyclic N) is 1. The van der Waals surface area contributed by atoms with E-state index in [0.29, 0.717) is 23.4 Å². The van der Waals surface area contributed by atoms with Crippen molar-refractivity contribution in [3.05, 3.63) is 30.3 Å². The van der Waals surface area contributed by atoms with Crippen molar-refractivity contribution < 1.29 is 29.0 Å². The minimum absolute atomic E-state index is 0.0289. The Bertz CT molecular complexity index is 992. The largest absolute Gasteiger partial charge is 0.454 e. The molecule has 1 aromatic rings. The van der Waals surface area contributed by atoms with E-state index in [1.54, 1.807) is 30.3 Å². The average Bonchev–Trinajstić information content (AvgIpc) is 3.23. The van der Waals surface area contributed by atoms with Gasteiger partial charge in [0.05, 0.1) is 11.5 Å². The van der Waals surface area contributed by atoms with Gasteiger partial charge >= 0.3 is 5.97 Å². The van der Waals surface area contributed by atoms with Crippen molar-refractivity contribution in [3.63, 3.8) is 0 Å². The van der Waals surface area contributed by atoms with Gasteiger partial charge in [0, 0.05) is 31.6 Å². The van der Waals surface area contributed by atoms with Crippen LogP contribution in [0.4, 0.5) is 5.69 Å². The number of hydrogen-bond acceptors (Lipinski definition) is 6. The summed E-state index contributed by atoms with van der Waals surface area (Å²) in [5.41, 5.74) is 5.40. The number of para-hydroxylation sites is 1. The van der Waals surface area contributed by atoms with Gasteiger partial charge in [-0.2, -0.15) is 0 Å². The molecule has 1 aromatic carbocycles. The third-order valence-corrected chi connectivity index (χ3v) is 8.59. The Labute approximate surface area is 210 Å². The number of hydrogen-bond donors (Lipinski definition) is 2. The molecule has 1 unspecified atom stereocenters. The molecule has 1 heterocycles. The molecule has 9 heteroatoms. The van der Waals surface area contributed by atoms with Crippen LogP contribution < -0.4 is 10.6 Å². The highest BCUT2D eigenvalue weighted by molar-refractivity contribution is 5.96. The van der Waals surface area contributed by atoms with E-state index in [9.17, 15) is 24.3 Å². The monoisotopic (exact) mass is 497 g/mol. The minimum Gasteiger partial charge on any atom is -0.454 e. The molecule has 1 aliphatic heterocycles. The van der Waals surface area contributed by atoms with Crippen LogP contribution in [0, 0.1) is 23.2 Å². The summed E-state index contributed by atoms with van der Waals surface area (Å²) in [7, 11) is 0. The van der Waals surface area contributed by atoms with Crippen LogP contribution in [0.3, 0.4) is 0 Å². The van der Waals surface area contributed by atoms with Crippen LogP contribution in [-0.4, -0.2) is 65.5 Å². The number of anilines is 1. The fourth-order valence-electron chi connectivity index (χ4n) is 7.47. The Hall–Kier alpha value is -2.94. The number of nitrogens with zero attached hydrogens (tertiary/aromatic N) is 2. The second-order valence-electron chi connectivity index (χ2n) is 11.3. The summed E-state index contributed by atoms with van der Waals surface area (Å²) in [4.78, 5) is 54.0. The first-order chi connectivity index (χ1) is 17.2. The van der Waals surface area contributed by atoms with Gasteiger partial charge < -0.3 is 25.4 Å². The summed E-state index contributed by atoms with van der Waals surface area (Å²) in [6, 6.07) is 7.88. The van der Waals surface area contributed by atoms with Gasteiger partial charge in [-0.1, -0.05) is 18.2 Å². The lowest BCUT2D eigenvalue weighted by atomic mass is 9.49. The first kappa shape index (κ1) is 24.7. The molecule has 5 aliphatic rings. The van der Waals surface area contributed by atoms with E-state index in [4.69, 9.17) is 10.5 Å². The molecule has 5 fully saturated rings. The molecule has 6 rings (SSSR count). The molecule has 194 valence electrons. The van der Waals surface area contributed by atoms with E-state index in [2.05, 4.69) is 0 Å². The number of primary amides is 1. The molecule has 3 amide bonds. The topological polar surface area (TPSA) is 130 Å². The predicted molar refractivity (Wildman–Crippen MR) is 130 cm³/mol. The summed E-state index contributed by atoms with van der Waals surface area (Å²) in [6.07, 6.45) is 5.51. The normalized spacial score (nSPS) is 32.4. The molecular weight excluding hydrogens is 462 g/mol. The molecule has 0 radical (unpaired) electrons. The van der Waals surface area contributed by atoms with Crippen molar-refractivity contribution in [2.75, 3.05) is 24.6 Å². The van der Waals surface area contributed by atoms with Crippen molar-refractivity contribution in [2.24, 2.45) is 28.9 Å². The Balaban J connectivity index is 1.25. The van der Waals surface area contributed by atoms with E-state index >= 15 is 0 Å². The third kappa shape index (κ3) is 4.85. The zero-order chi connectivity index (χ0) is 25.4.